The molecule has 1 aliphatic rings. The molecule has 0 aliphatic heterocycles. The maximum Gasteiger partial charge on any atom is 0.416 e. The van der Waals surface area contributed by atoms with Gasteiger partial charge in [0.05, 0.1) is 5.56 Å². The van der Waals surface area contributed by atoms with E-state index >= 15 is 0 Å². The third-order valence-electron chi connectivity index (χ3n) is 5.44. The number of benzene rings is 1. The van der Waals surface area contributed by atoms with Gasteiger partial charge >= 0.3 is 6.18 Å². The standard InChI is InChI=1S/C22H27F3N2/c1-2-3-4-5-6-7-16-8-13-20-18(14-16)15-26-21(27-20)17-9-11-19(12-10-17)22(23,24)25/h9-12,15-16H,2-8,13-14H2,1H3. The number of alkyl halides is 3. The number of fused-ring (bicyclic) bond motifs is 1. The Balaban J connectivity index is 1.61. The van der Waals surface area contributed by atoms with Crippen molar-refractivity contribution in [3.63, 3.8) is 0 Å². The molecule has 0 spiro atoms. The summed E-state index contributed by atoms with van der Waals surface area (Å²) in [6.07, 6.45) is 8.48. The lowest BCUT2D eigenvalue weighted by molar-refractivity contribution is -0.137. The van der Waals surface area contributed by atoms with Crippen LogP contribution < -0.4 is 0 Å². The van der Waals surface area contributed by atoms with E-state index in [1.54, 1.807) is 0 Å². The van der Waals surface area contributed by atoms with Crippen molar-refractivity contribution >= 4 is 0 Å². The first-order chi connectivity index (χ1) is 13.0. The zero-order valence-corrected chi connectivity index (χ0v) is 15.9. The largest absolute Gasteiger partial charge is 0.416 e. The number of unbranched alkanes of at least 4 members (excludes halogenated alkanes) is 4. The summed E-state index contributed by atoms with van der Waals surface area (Å²) in [5, 5.41) is 0. The molecule has 27 heavy (non-hydrogen) atoms. The van der Waals surface area contributed by atoms with Gasteiger partial charge in [-0.15, -0.1) is 0 Å². The Hall–Kier alpha value is -1.91. The lowest BCUT2D eigenvalue weighted by atomic mass is 9.84. The van der Waals surface area contributed by atoms with Crippen LogP contribution in [0, 0.1) is 5.92 Å². The fraction of sp³-hybridized carbons (Fsp3) is 0.545. The molecule has 2 nitrogen and oxygen atoms in total. The smallest absolute Gasteiger partial charge is 0.236 e. The van der Waals surface area contributed by atoms with Crippen LogP contribution in [0.2, 0.25) is 0 Å². The summed E-state index contributed by atoms with van der Waals surface area (Å²) in [5.74, 6) is 1.22. The molecular weight excluding hydrogens is 349 g/mol. The van der Waals surface area contributed by atoms with Crippen molar-refractivity contribution in [2.75, 3.05) is 0 Å². The second-order valence-corrected chi connectivity index (χ2v) is 7.55. The van der Waals surface area contributed by atoms with Crippen LogP contribution in [0.1, 0.15) is 68.7 Å². The second kappa shape index (κ2) is 8.85. The van der Waals surface area contributed by atoms with Gasteiger partial charge in [0.15, 0.2) is 5.82 Å². The lowest BCUT2D eigenvalue weighted by Gasteiger charge is -2.24. The van der Waals surface area contributed by atoms with Gasteiger partial charge in [0.1, 0.15) is 0 Å². The Bertz CT molecular complexity index is 738. The van der Waals surface area contributed by atoms with E-state index in [0.29, 0.717) is 17.3 Å². The Morgan fingerprint density at radius 2 is 1.78 bits per heavy atom. The molecule has 0 radical (unpaired) electrons. The predicted molar refractivity (Wildman–Crippen MR) is 101 cm³/mol. The van der Waals surface area contributed by atoms with Crippen LogP contribution in [0.3, 0.4) is 0 Å². The highest BCUT2D eigenvalue weighted by Crippen LogP contribution is 2.32. The van der Waals surface area contributed by atoms with E-state index in [2.05, 4.69) is 16.9 Å². The van der Waals surface area contributed by atoms with E-state index in [0.717, 1.165) is 37.1 Å². The van der Waals surface area contributed by atoms with E-state index in [-0.39, 0.29) is 0 Å². The number of hydrogen-bond donors (Lipinski definition) is 0. The summed E-state index contributed by atoms with van der Waals surface area (Å²) in [5.41, 5.74) is 2.24. The SMILES string of the molecule is CCCCCCCC1CCc2nc(-c3ccc(C(F)(F)F)cc3)ncc2C1. The summed E-state index contributed by atoms with van der Waals surface area (Å²) >= 11 is 0. The molecule has 146 valence electrons. The molecule has 0 amide bonds. The van der Waals surface area contributed by atoms with Gasteiger partial charge in [-0.25, -0.2) is 9.97 Å². The van der Waals surface area contributed by atoms with Crippen LogP contribution >= 0.6 is 0 Å². The summed E-state index contributed by atoms with van der Waals surface area (Å²) in [4.78, 5) is 9.06. The molecule has 0 saturated carbocycles. The van der Waals surface area contributed by atoms with Gasteiger partial charge in [-0.2, -0.15) is 13.2 Å². The second-order valence-electron chi connectivity index (χ2n) is 7.55. The van der Waals surface area contributed by atoms with Crippen molar-refractivity contribution < 1.29 is 13.2 Å². The van der Waals surface area contributed by atoms with E-state index in [1.807, 2.05) is 6.20 Å². The molecule has 0 N–H and O–H groups in total. The number of rotatable bonds is 7. The third-order valence-corrected chi connectivity index (χ3v) is 5.44. The lowest BCUT2D eigenvalue weighted by Crippen LogP contribution is -2.16. The van der Waals surface area contributed by atoms with Crippen LogP contribution in [-0.2, 0) is 19.0 Å². The Morgan fingerprint density at radius 1 is 1.04 bits per heavy atom. The minimum Gasteiger partial charge on any atom is -0.236 e. The average molecular weight is 376 g/mol. The average Bonchev–Trinajstić information content (AvgIpc) is 2.67. The van der Waals surface area contributed by atoms with Crippen molar-refractivity contribution in [1.82, 2.24) is 9.97 Å². The number of aromatic nitrogens is 2. The van der Waals surface area contributed by atoms with Gasteiger partial charge in [-0.3, -0.25) is 0 Å². The van der Waals surface area contributed by atoms with Crippen LogP contribution in [0.5, 0.6) is 0 Å². The first kappa shape index (κ1) is 19.8. The van der Waals surface area contributed by atoms with E-state index in [9.17, 15) is 13.2 Å². The van der Waals surface area contributed by atoms with E-state index in [4.69, 9.17) is 0 Å². The van der Waals surface area contributed by atoms with Gasteiger partial charge in [-0.05, 0) is 42.9 Å². The fourth-order valence-electron chi connectivity index (χ4n) is 3.81. The topological polar surface area (TPSA) is 25.8 Å². The highest BCUT2D eigenvalue weighted by atomic mass is 19.4. The summed E-state index contributed by atoms with van der Waals surface area (Å²) in [6, 6.07) is 5.08. The molecule has 3 rings (SSSR count). The van der Waals surface area contributed by atoms with Crippen molar-refractivity contribution in [2.45, 2.75) is 70.9 Å². The van der Waals surface area contributed by atoms with Crippen molar-refractivity contribution in [1.29, 1.82) is 0 Å². The first-order valence-electron chi connectivity index (χ1n) is 9.99. The Kier molecular flexibility index (Phi) is 6.51. The predicted octanol–water partition coefficient (Wildman–Crippen LogP) is 6.63. The van der Waals surface area contributed by atoms with Crippen LogP contribution in [0.4, 0.5) is 13.2 Å². The molecule has 0 fully saturated rings. The van der Waals surface area contributed by atoms with Gasteiger partial charge in [-0.1, -0.05) is 57.6 Å². The van der Waals surface area contributed by atoms with E-state index in [1.165, 1.54) is 56.2 Å². The van der Waals surface area contributed by atoms with Crippen LogP contribution in [-0.4, -0.2) is 9.97 Å². The quantitative estimate of drug-likeness (QED) is 0.507. The molecule has 1 heterocycles. The van der Waals surface area contributed by atoms with Gasteiger partial charge in [0.2, 0.25) is 0 Å². The maximum absolute atomic E-state index is 12.7. The molecule has 1 aromatic heterocycles. The van der Waals surface area contributed by atoms with Crippen molar-refractivity contribution in [3.05, 3.63) is 47.3 Å². The van der Waals surface area contributed by atoms with Crippen LogP contribution in [0.25, 0.3) is 11.4 Å². The molecule has 0 bridgehead atoms. The number of halogens is 3. The molecule has 1 atom stereocenters. The van der Waals surface area contributed by atoms with E-state index < -0.39 is 11.7 Å². The zero-order valence-electron chi connectivity index (χ0n) is 15.9. The Morgan fingerprint density at radius 3 is 2.48 bits per heavy atom. The molecule has 5 heteroatoms. The van der Waals surface area contributed by atoms with Crippen LogP contribution in [0.15, 0.2) is 30.5 Å². The number of nitrogens with zero attached hydrogens (tertiary/aromatic N) is 2. The summed E-state index contributed by atoms with van der Waals surface area (Å²) in [7, 11) is 0. The highest BCUT2D eigenvalue weighted by molar-refractivity contribution is 5.56. The summed E-state index contributed by atoms with van der Waals surface area (Å²) < 4.78 is 38.1. The first-order valence-corrected chi connectivity index (χ1v) is 9.99. The summed E-state index contributed by atoms with van der Waals surface area (Å²) in [6.45, 7) is 2.23. The van der Waals surface area contributed by atoms with Gasteiger partial charge in [0.25, 0.3) is 0 Å². The zero-order chi connectivity index (χ0) is 19.3. The fourth-order valence-corrected chi connectivity index (χ4v) is 3.81. The molecule has 1 aromatic carbocycles. The molecular formula is C22H27F3N2. The Labute approximate surface area is 159 Å². The third kappa shape index (κ3) is 5.30. The maximum atomic E-state index is 12.7. The van der Waals surface area contributed by atoms with Crippen molar-refractivity contribution in [3.8, 4) is 11.4 Å². The van der Waals surface area contributed by atoms with Gasteiger partial charge < -0.3 is 0 Å². The molecule has 1 unspecified atom stereocenters. The van der Waals surface area contributed by atoms with Gasteiger partial charge in [0, 0.05) is 17.5 Å². The minimum absolute atomic E-state index is 0.514. The molecule has 1 aliphatic carbocycles. The molecule has 0 saturated heterocycles. The number of aryl methyl sites for hydroxylation is 1. The molecule has 2 aromatic rings. The highest BCUT2D eigenvalue weighted by Gasteiger charge is 2.30. The minimum atomic E-state index is -4.32. The van der Waals surface area contributed by atoms with Crippen molar-refractivity contribution in [2.24, 2.45) is 5.92 Å². The monoisotopic (exact) mass is 376 g/mol. The number of hydrogen-bond acceptors (Lipinski definition) is 2. The normalized spacial score (nSPS) is 17.0.